The summed E-state index contributed by atoms with van der Waals surface area (Å²) in [7, 11) is 0. The summed E-state index contributed by atoms with van der Waals surface area (Å²) in [5, 5.41) is 0. The summed E-state index contributed by atoms with van der Waals surface area (Å²) in [5.41, 5.74) is 8.21. The van der Waals surface area contributed by atoms with E-state index in [1.165, 1.54) is 0 Å². The van der Waals surface area contributed by atoms with E-state index in [1.807, 2.05) is 35.2 Å². The molecule has 1 saturated heterocycles. The molecule has 25 heavy (non-hydrogen) atoms. The van der Waals surface area contributed by atoms with Gasteiger partial charge >= 0.3 is 0 Å². The molecule has 0 aliphatic carbocycles. The number of rotatable bonds is 4. The van der Waals surface area contributed by atoms with Crippen molar-refractivity contribution in [1.82, 2.24) is 9.47 Å². The van der Waals surface area contributed by atoms with Crippen LogP contribution in [0.15, 0.2) is 58.4 Å². The Labute approximate surface area is 164 Å². The Hall–Kier alpha value is -1.87. The van der Waals surface area contributed by atoms with Gasteiger partial charge in [0, 0.05) is 25.4 Å². The lowest BCUT2D eigenvalue weighted by Gasteiger charge is -2.27. The lowest BCUT2D eigenvalue weighted by Crippen LogP contribution is -2.44. The number of benzene rings is 1. The molecule has 0 amide bonds. The minimum absolute atomic E-state index is 0. The molecule has 0 unspecified atom stereocenters. The maximum absolute atomic E-state index is 11.7. The van der Waals surface area contributed by atoms with Gasteiger partial charge in [-0.2, -0.15) is 0 Å². The molecule has 1 aromatic heterocycles. The molecule has 6 nitrogen and oxygen atoms in total. The number of aliphatic imine (C=N–C) groups is 1. The third kappa shape index (κ3) is 5.57. The van der Waals surface area contributed by atoms with Crippen molar-refractivity contribution in [3.63, 3.8) is 0 Å². The van der Waals surface area contributed by atoms with E-state index < -0.39 is 0 Å². The van der Waals surface area contributed by atoms with Gasteiger partial charge in [0.25, 0.3) is 5.56 Å². The van der Waals surface area contributed by atoms with Crippen LogP contribution in [0.1, 0.15) is 11.1 Å². The summed E-state index contributed by atoms with van der Waals surface area (Å²) in [4.78, 5) is 18.2. The smallest absolute Gasteiger partial charge is 0.250 e. The first kappa shape index (κ1) is 19.5. The van der Waals surface area contributed by atoms with Crippen molar-refractivity contribution in [2.45, 2.75) is 13.1 Å². The van der Waals surface area contributed by atoms with Crippen molar-refractivity contribution in [1.29, 1.82) is 0 Å². The van der Waals surface area contributed by atoms with Crippen LogP contribution in [-0.4, -0.2) is 41.7 Å². The van der Waals surface area contributed by atoms with Crippen molar-refractivity contribution >= 4 is 29.9 Å². The minimum Gasteiger partial charge on any atom is -0.378 e. The first-order valence-corrected chi connectivity index (χ1v) is 8.08. The van der Waals surface area contributed by atoms with E-state index in [-0.39, 0.29) is 29.5 Å². The summed E-state index contributed by atoms with van der Waals surface area (Å²) in [6.45, 7) is 4.10. The van der Waals surface area contributed by atoms with Crippen molar-refractivity contribution in [3.05, 3.63) is 70.1 Å². The lowest BCUT2D eigenvalue weighted by molar-refractivity contribution is 0.0674. The van der Waals surface area contributed by atoms with Crippen LogP contribution in [-0.2, 0) is 17.8 Å². The average Bonchev–Trinajstić information content (AvgIpc) is 2.63. The van der Waals surface area contributed by atoms with E-state index in [2.05, 4.69) is 4.99 Å². The molecule has 3 rings (SSSR count). The Balaban J connectivity index is 0.00000225. The fourth-order valence-corrected chi connectivity index (χ4v) is 2.60. The quantitative estimate of drug-likeness (QED) is 0.434. The Morgan fingerprint density at radius 2 is 1.76 bits per heavy atom. The van der Waals surface area contributed by atoms with Gasteiger partial charge in [-0.15, -0.1) is 24.0 Å². The molecule has 0 spiro atoms. The van der Waals surface area contributed by atoms with Crippen LogP contribution >= 0.6 is 24.0 Å². The predicted octanol–water partition coefficient (Wildman–Crippen LogP) is 1.66. The minimum atomic E-state index is 0. The highest BCUT2D eigenvalue weighted by molar-refractivity contribution is 14.0. The molecule has 1 aliphatic rings. The number of guanidine groups is 1. The van der Waals surface area contributed by atoms with E-state index in [0.717, 1.165) is 24.2 Å². The molecule has 0 saturated carbocycles. The molecule has 2 heterocycles. The van der Waals surface area contributed by atoms with Crippen LogP contribution in [0.4, 0.5) is 0 Å². The standard InChI is InChI=1S/C18H22N4O2.HI/c19-18(21-9-11-24-12-10-21)20-13-15-4-6-16(7-5-15)14-22-8-2-1-3-17(22)23;/h1-8H,9-14H2,(H2,19,20);1H. The fourth-order valence-electron chi connectivity index (χ4n) is 2.60. The third-order valence-electron chi connectivity index (χ3n) is 4.03. The van der Waals surface area contributed by atoms with E-state index in [9.17, 15) is 4.79 Å². The van der Waals surface area contributed by atoms with Crippen LogP contribution in [0.5, 0.6) is 0 Å². The SMILES string of the molecule is I.NC(=NCc1ccc(Cn2ccccc2=O)cc1)N1CCOCC1. The van der Waals surface area contributed by atoms with Gasteiger partial charge < -0.3 is 19.9 Å². The van der Waals surface area contributed by atoms with Crippen LogP contribution in [0, 0.1) is 0 Å². The van der Waals surface area contributed by atoms with Gasteiger partial charge in [-0.25, -0.2) is 4.99 Å². The zero-order valence-electron chi connectivity index (χ0n) is 14.0. The van der Waals surface area contributed by atoms with Crippen LogP contribution in [0.25, 0.3) is 0 Å². The number of ether oxygens (including phenoxy) is 1. The van der Waals surface area contributed by atoms with Crippen molar-refractivity contribution < 1.29 is 4.74 Å². The molecule has 1 aliphatic heterocycles. The van der Waals surface area contributed by atoms with E-state index in [4.69, 9.17) is 10.5 Å². The van der Waals surface area contributed by atoms with E-state index in [0.29, 0.717) is 32.3 Å². The Kier molecular flexibility index (Phi) is 7.45. The number of pyridine rings is 1. The summed E-state index contributed by atoms with van der Waals surface area (Å²) in [5.74, 6) is 0.568. The number of hydrogen-bond acceptors (Lipinski definition) is 3. The van der Waals surface area contributed by atoms with Crippen LogP contribution in [0.3, 0.4) is 0 Å². The van der Waals surface area contributed by atoms with E-state index in [1.54, 1.807) is 22.9 Å². The number of morpholine rings is 1. The van der Waals surface area contributed by atoms with Gasteiger partial charge in [-0.05, 0) is 17.2 Å². The average molecular weight is 454 g/mol. The predicted molar refractivity (Wildman–Crippen MR) is 109 cm³/mol. The summed E-state index contributed by atoms with van der Waals surface area (Å²) in [6.07, 6.45) is 1.80. The van der Waals surface area contributed by atoms with Crippen LogP contribution in [0.2, 0.25) is 0 Å². The van der Waals surface area contributed by atoms with Gasteiger partial charge in [-0.1, -0.05) is 30.3 Å². The Morgan fingerprint density at radius 1 is 1.08 bits per heavy atom. The second kappa shape index (κ2) is 9.57. The number of nitrogens with zero attached hydrogens (tertiary/aromatic N) is 3. The zero-order valence-corrected chi connectivity index (χ0v) is 16.3. The van der Waals surface area contributed by atoms with Crippen molar-refractivity contribution in [2.75, 3.05) is 26.3 Å². The number of hydrogen-bond donors (Lipinski definition) is 1. The second-order valence-corrected chi connectivity index (χ2v) is 5.76. The molecule has 134 valence electrons. The number of halogens is 1. The van der Waals surface area contributed by atoms with Gasteiger partial charge in [0.05, 0.1) is 26.3 Å². The summed E-state index contributed by atoms with van der Waals surface area (Å²) in [6, 6.07) is 13.3. The molecule has 1 aromatic carbocycles. The maximum atomic E-state index is 11.7. The largest absolute Gasteiger partial charge is 0.378 e. The summed E-state index contributed by atoms with van der Waals surface area (Å²) >= 11 is 0. The van der Waals surface area contributed by atoms with Gasteiger partial charge in [0.2, 0.25) is 0 Å². The van der Waals surface area contributed by atoms with E-state index >= 15 is 0 Å². The van der Waals surface area contributed by atoms with Crippen molar-refractivity contribution in [2.24, 2.45) is 10.7 Å². The first-order chi connectivity index (χ1) is 11.7. The van der Waals surface area contributed by atoms with Gasteiger partial charge in [-0.3, -0.25) is 4.79 Å². The normalized spacial score (nSPS) is 14.9. The molecular formula is C18H23IN4O2. The summed E-state index contributed by atoms with van der Waals surface area (Å²) < 4.78 is 6.99. The highest BCUT2D eigenvalue weighted by Crippen LogP contribution is 2.07. The van der Waals surface area contributed by atoms with Crippen molar-refractivity contribution in [3.8, 4) is 0 Å². The molecule has 0 atom stereocenters. The fraction of sp³-hybridized carbons (Fsp3) is 0.333. The third-order valence-corrected chi connectivity index (χ3v) is 4.03. The van der Waals surface area contributed by atoms with Gasteiger partial charge in [0.1, 0.15) is 0 Å². The molecule has 1 fully saturated rings. The number of aromatic nitrogens is 1. The highest BCUT2D eigenvalue weighted by Gasteiger charge is 2.11. The Morgan fingerprint density at radius 3 is 2.44 bits per heavy atom. The molecule has 2 aromatic rings. The molecule has 7 heteroatoms. The topological polar surface area (TPSA) is 72.8 Å². The molecular weight excluding hydrogens is 431 g/mol. The lowest BCUT2D eigenvalue weighted by atomic mass is 10.1. The molecule has 0 radical (unpaired) electrons. The van der Waals surface area contributed by atoms with Gasteiger partial charge in [0.15, 0.2) is 5.96 Å². The Bertz CT molecular complexity index is 752. The molecule has 2 N–H and O–H groups in total. The molecule has 0 bridgehead atoms. The monoisotopic (exact) mass is 454 g/mol. The maximum Gasteiger partial charge on any atom is 0.250 e. The second-order valence-electron chi connectivity index (χ2n) is 5.76. The first-order valence-electron chi connectivity index (χ1n) is 8.08. The zero-order chi connectivity index (χ0) is 16.8. The number of nitrogens with two attached hydrogens (primary N) is 1. The van der Waals surface area contributed by atoms with Crippen LogP contribution < -0.4 is 11.3 Å². The highest BCUT2D eigenvalue weighted by atomic mass is 127.